The van der Waals surface area contributed by atoms with E-state index in [1.54, 1.807) is 12.1 Å². The summed E-state index contributed by atoms with van der Waals surface area (Å²) in [4.78, 5) is 1.49. The summed E-state index contributed by atoms with van der Waals surface area (Å²) in [5.41, 5.74) is 3.44. The zero-order chi connectivity index (χ0) is 23.1. The minimum atomic E-state index is -0.0573. The van der Waals surface area contributed by atoms with E-state index in [4.69, 9.17) is 0 Å². The maximum absolute atomic E-state index is 11.0. The fourth-order valence-corrected chi connectivity index (χ4v) is 7.28. The number of rotatable bonds is 5. The Bertz CT molecular complexity index is 1030. The molecular weight excluding hydrogens is 416 g/mol. The van der Waals surface area contributed by atoms with Gasteiger partial charge in [-0.1, -0.05) is 62.4 Å². The molecule has 0 bridgehead atoms. The van der Waals surface area contributed by atoms with E-state index in [-0.39, 0.29) is 28.9 Å². The third kappa shape index (κ3) is 3.97. The van der Waals surface area contributed by atoms with Gasteiger partial charge in [0.15, 0.2) is 0 Å². The number of aliphatic hydroxyl groups is 1. The van der Waals surface area contributed by atoms with Crippen LogP contribution in [0, 0.1) is 22.7 Å². The molecule has 0 amide bonds. The zero-order valence-electron chi connectivity index (χ0n) is 19.7. The van der Waals surface area contributed by atoms with Crippen molar-refractivity contribution in [2.45, 2.75) is 76.2 Å². The van der Waals surface area contributed by atoms with Crippen LogP contribution in [0.2, 0.25) is 0 Å². The van der Waals surface area contributed by atoms with E-state index in [0.29, 0.717) is 16.7 Å². The van der Waals surface area contributed by atoms with Gasteiger partial charge < -0.3 is 15.3 Å². The van der Waals surface area contributed by atoms with Crippen molar-refractivity contribution in [1.82, 2.24) is 0 Å². The van der Waals surface area contributed by atoms with Crippen molar-refractivity contribution in [2.75, 3.05) is 0 Å². The topological polar surface area (TPSA) is 60.7 Å². The van der Waals surface area contributed by atoms with Gasteiger partial charge in [0.2, 0.25) is 0 Å². The molecule has 1 saturated carbocycles. The average Bonchev–Trinajstić information content (AvgIpc) is 2.77. The second-order valence-electron chi connectivity index (χ2n) is 10.4. The van der Waals surface area contributed by atoms with Gasteiger partial charge in [-0.2, -0.15) is 0 Å². The van der Waals surface area contributed by atoms with Crippen molar-refractivity contribution < 1.29 is 15.3 Å². The molecule has 0 heterocycles. The fraction of sp³-hybridized carbons (Fsp3) is 0.500. The van der Waals surface area contributed by atoms with Gasteiger partial charge in [0, 0.05) is 4.90 Å². The van der Waals surface area contributed by atoms with Gasteiger partial charge in [-0.25, -0.2) is 0 Å². The third-order valence-electron chi connectivity index (χ3n) is 8.69. The lowest BCUT2D eigenvalue weighted by Gasteiger charge is -2.58. The molecule has 4 rings (SSSR count). The van der Waals surface area contributed by atoms with Crippen LogP contribution >= 0.6 is 11.8 Å². The summed E-state index contributed by atoms with van der Waals surface area (Å²) in [6.45, 7) is 9.43. The number of benzene rings is 2. The van der Waals surface area contributed by atoms with Gasteiger partial charge >= 0.3 is 0 Å². The smallest absolute Gasteiger partial charge is 0.130 e. The number of hydrogen-bond donors (Lipinski definition) is 3. The lowest BCUT2D eigenvalue weighted by molar-refractivity contribution is -0.0412. The molecule has 4 atom stereocenters. The largest absolute Gasteiger partial charge is 0.508 e. The van der Waals surface area contributed by atoms with Gasteiger partial charge in [0.05, 0.1) is 11.5 Å². The first-order valence-electron chi connectivity index (χ1n) is 11.8. The van der Waals surface area contributed by atoms with Crippen LogP contribution in [-0.4, -0.2) is 15.3 Å². The molecule has 0 spiro atoms. The summed E-state index contributed by atoms with van der Waals surface area (Å²) in [7, 11) is 0. The van der Waals surface area contributed by atoms with Crippen LogP contribution in [0.1, 0.15) is 64.5 Å². The molecule has 172 valence electrons. The average molecular weight is 453 g/mol. The Morgan fingerprint density at radius 2 is 1.75 bits per heavy atom. The van der Waals surface area contributed by atoms with Gasteiger partial charge in [-0.3, -0.25) is 0 Å². The van der Waals surface area contributed by atoms with Crippen molar-refractivity contribution in [3.05, 3.63) is 59.2 Å². The standard InChI is InChI=1S/C28H36O3S/c1-18-8-7-11-26-27(18,3)13-12-19(2)28(26,4)16-21-14-23(31)25(15-22(21)30)32-24-10-6-5-9-20(24)17-29/h5-6,8-10,14-15,19,26,29-31H,7,11-13,16-17H2,1-4H3/t19-,26+,27+,28+/m0/s1. The zero-order valence-corrected chi connectivity index (χ0v) is 20.5. The Kier molecular flexibility index (Phi) is 6.39. The van der Waals surface area contributed by atoms with Crippen LogP contribution in [0.3, 0.4) is 0 Å². The summed E-state index contributed by atoms with van der Waals surface area (Å²) in [5, 5.41) is 31.4. The molecule has 0 unspecified atom stereocenters. The van der Waals surface area contributed by atoms with Crippen molar-refractivity contribution in [1.29, 1.82) is 0 Å². The molecule has 2 aliphatic rings. The summed E-state index contributed by atoms with van der Waals surface area (Å²) in [6.07, 6.45) is 7.92. The van der Waals surface area contributed by atoms with Crippen molar-refractivity contribution >= 4 is 11.8 Å². The van der Waals surface area contributed by atoms with E-state index < -0.39 is 0 Å². The van der Waals surface area contributed by atoms with E-state index in [1.165, 1.54) is 36.6 Å². The Balaban J connectivity index is 1.64. The molecule has 2 aromatic carbocycles. The molecule has 2 aromatic rings. The Labute approximate surface area is 196 Å². The monoisotopic (exact) mass is 452 g/mol. The first-order chi connectivity index (χ1) is 15.2. The molecule has 0 saturated heterocycles. The Morgan fingerprint density at radius 3 is 2.50 bits per heavy atom. The first kappa shape index (κ1) is 23.3. The number of allylic oxidation sites excluding steroid dienone is 2. The third-order valence-corrected chi connectivity index (χ3v) is 9.85. The Morgan fingerprint density at radius 1 is 1.00 bits per heavy atom. The van der Waals surface area contributed by atoms with Crippen LogP contribution < -0.4 is 0 Å². The maximum Gasteiger partial charge on any atom is 0.130 e. The number of fused-ring (bicyclic) bond motifs is 1. The predicted octanol–water partition coefficient (Wildman–Crippen LogP) is 7.08. The molecule has 0 radical (unpaired) electrons. The van der Waals surface area contributed by atoms with Gasteiger partial charge in [-0.05, 0) is 91.0 Å². The molecule has 3 nitrogen and oxygen atoms in total. The second kappa shape index (κ2) is 8.79. The molecule has 0 aromatic heterocycles. The summed E-state index contributed by atoms with van der Waals surface area (Å²) < 4.78 is 0. The van der Waals surface area contributed by atoms with Crippen LogP contribution in [0.4, 0.5) is 0 Å². The van der Waals surface area contributed by atoms with E-state index in [2.05, 4.69) is 33.8 Å². The number of hydrogen-bond acceptors (Lipinski definition) is 4. The highest BCUT2D eigenvalue weighted by Gasteiger charge is 2.53. The lowest BCUT2D eigenvalue weighted by Crippen LogP contribution is -2.50. The number of phenolic OH excluding ortho intramolecular Hbond substituents is 2. The second-order valence-corrected chi connectivity index (χ2v) is 11.5. The molecule has 3 N–H and O–H groups in total. The molecular formula is C28H36O3S. The minimum Gasteiger partial charge on any atom is -0.508 e. The first-order valence-corrected chi connectivity index (χ1v) is 12.6. The van der Waals surface area contributed by atoms with E-state index in [0.717, 1.165) is 28.9 Å². The highest BCUT2D eigenvalue weighted by Crippen LogP contribution is 2.61. The summed E-state index contributed by atoms with van der Waals surface area (Å²) in [5.74, 6) is 1.55. The molecule has 2 aliphatic carbocycles. The number of phenols is 2. The van der Waals surface area contributed by atoms with Crippen LogP contribution in [-0.2, 0) is 13.0 Å². The van der Waals surface area contributed by atoms with Crippen molar-refractivity contribution in [3.8, 4) is 11.5 Å². The highest BCUT2D eigenvalue weighted by atomic mass is 32.2. The number of aliphatic hydroxyl groups excluding tert-OH is 1. The maximum atomic E-state index is 11.0. The van der Waals surface area contributed by atoms with E-state index in [9.17, 15) is 15.3 Å². The van der Waals surface area contributed by atoms with Crippen LogP contribution in [0.5, 0.6) is 11.5 Å². The molecule has 1 fully saturated rings. The summed E-state index contributed by atoms with van der Waals surface area (Å²) >= 11 is 1.37. The molecule has 32 heavy (non-hydrogen) atoms. The normalized spacial score (nSPS) is 30.0. The summed E-state index contributed by atoms with van der Waals surface area (Å²) in [6, 6.07) is 11.0. The van der Waals surface area contributed by atoms with Gasteiger partial charge in [0.1, 0.15) is 11.5 Å². The molecule has 4 heteroatoms. The van der Waals surface area contributed by atoms with E-state index >= 15 is 0 Å². The van der Waals surface area contributed by atoms with Gasteiger partial charge in [0.25, 0.3) is 0 Å². The van der Waals surface area contributed by atoms with Crippen molar-refractivity contribution in [2.24, 2.45) is 22.7 Å². The van der Waals surface area contributed by atoms with Crippen LogP contribution in [0.25, 0.3) is 0 Å². The number of aromatic hydroxyl groups is 2. The predicted molar refractivity (Wildman–Crippen MR) is 131 cm³/mol. The van der Waals surface area contributed by atoms with Crippen molar-refractivity contribution in [3.63, 3.8) is 0 Å². The minimum absolute atomic E-state index is 0.0573. The fourth-order valence-electron chi connectivity index (χ4n) is 6.30. The quantitative estimate of drug-likeness (QED) is 0.335. The Hall–Kier alpha value is -1.91. The highest BCUT2D eigenvalue weighted by molar-refractivity contribution is 7.99. The van der Waals surface area contributed by atoms with Crippen LogP contribution in [0.15, 0.2) is 57.8 Å². The van der Waals surface area contributed by atoms with E-state index in [1.807, 2.05) is 24.3 Å². The molecule has 0 aliphatic heterocycles. The SMILES string of the molecule is CC1=CCC[C@H]2[C@](C)(Cc3cc(O)c(Sc4ccccc4CO)cc3O)[C@@H](C)CC[C@]12C. The lowest BCUT2D eigenvalue weighted by atomic mass is 9.47. The van der Waals surface area contributed by atoms with Gasteiger partial charge in [-0.15, -0.1) is 0 Å².